The third-order valence-corrected chi connectivity index (χ3v) is 3.83. The van der Waals surface area contributed by atoms with E-state index in [4.69, 9.17) is 0 Å². The second kappa shape index (κ2) is 8.11. The monoisotopic (exact) mass is 359 g/mol. The molecule has 0 N–H and O–H groups in total. The summed E-state index contributed by atoms with van der Waals surface area (Å²) in [6.07, 6.45) is 0.581. The first-order valence-corrected chi connectivity index (χ1v) is 8.20. The van der Waals surface area contributed by atoms with E-state index in [1.807, 2.05) is 25.9 Å². The van der Waals surface area contributed by atoms with E-state index in [0.29, 0.717) is 23.1 Å². The van der Waals surface area contributed by atoms with Gasteiger partial charge in [0.25, 0.3) is 0 Å². The van der Waals surface area contributed by atoms with E-state index in [9.17, 15) is 13.2 Å². The number of benzene rings is 2. The molecule has 0 radical (unpaired) electrons. The molecule has 1 nitrogen and oxygen atoms in total. The quantitative estimate of drug-likeness (QED) is 0.376. The fraction of sp³-hybridized carbons (Fsp3) is 0.250. The van der Waals surface area contributed by atoms with Crippen molar-refractivity contribution in [2.45, 2.75) is 33.1 Å². The van der Waals surface area contributed by atoms with Gasteiger partial charge in [-0.3, -0.25) is 0 Å². The van der Waals surface area contributed by atoms with Gasteiger partial charge in [-0.2, -0.15) is 4.99 Å². The normalized spacial score (nSPS) is 10.2. The maximum absolute atomic E-state index is 14.6. The summed E-state index contributed by atoms with van der Waals surface area (Å²) in [5, 5.41) is 1.93. The lowest BCUT2D eigenvalue weighted by atomic mass is 9.93. The lowest BCUT2D eigenvalue weighted by Gasteiger charge is -2.13. The van der Waals surface area contributed by atoms with Crippen molar-refractivity contribution in [1.29, 1.82) is 0 Å². The van der Waals surface area contributed by atoms with Crippen LogP contribution in [0.5, 0.6) is 0 Å². The summed E-state index contributed by atoms with van der Waals surface area (Å²) in [6, 6.07) is 5.55. The maximum atomic E-state index is 14.6. The molecule has 2 aromatic carbocycles. The fourth-order valence-corrected chi connectivity index (χ4v) is 2.61. The molecule has 0 saturated carbocycles. The molecular weight excluding hydrogens is 343 g/mol. The molecule has 0 spiro atoms. The second-order valence-corrected chi connectivity index (χ2v) is 5.93. The van der Waals surface area contributed by atoms with Gasteiger partial charge in [0.1, 0.15) is 11.5 Å². The summed E-state index contributed by atoms with van der Waals surface area (Å²) in [5.74, 6) is 3.42. The van der Waals surface area contributed by atoms with Crippen molar-refractivity contribution in [3.63, 3.8) is 0 Å². The molecule has 0 amide bonds. The molecule has 0 unspecified atom stereocenters. The maximum Gasteiger partial charge on any atom is 0.153 e. The summed E-state index contributed by atoms with van der Waals surface area (Å²) in [4.78, 5) is 3.35. The summed E-state index contributed by atoms with van der Waals surface area (Å²) in [7, 11) is 0. The molecule has 0 atom stereocenters. The number of nitrogens with zero attached hydrogens (tertiary/aromatic N) is 1. The summed E-state index contributed by atoms with van der Waals surface area (Å²) in [6.45, 7) is 5.63. The van der Waals surface area contributed by atoms with Crippen LogP contribution in [0.1, 0.15) is 48.9 Å². The van der Waals surface area contributed by atoms with Gasteiger partial charge < -0.3 is 0 Å². The van der Waals surface area contributed by atoms with Crippen molar-refractivity contribution in [2.24, 2.45) is 4.99 Å². The Morgan fingerprint density at radius 2 is 1.72 bits per heavy atom. The van der Waals surface area contributed by atoms with E-state index in [-0.39, 0.29) is 17.3 Å². The summed E-state index contributed by atoms with van der Waals surface area (Å²) < 4.78 is 42.3. The van der Waals surface area contributed by atoms with E-state index in [1.54, 1.807) is 12.1 Å². The molecule has 0 heterocycles. The minimum atomic E-state index is -0.877. The Hall–Kier alpha value is -2.41. The Kier molecular flexibility index (Phi) is 6.14. The number of thiocarbonyl (C=S) groups is 1. The number of rotatable bonds is 3. The highest BCUT2D eigenvalue weighted by atomic mass is 32.1. The van der Waals surface area contributed by atoms with Gasteiger partial charge in [-0.1, -0.05) is 38.7 Å². The van der Waals surface area contributed by atoms with Crippen molar-refractivity contribution in [3.8, 4) is 11.8 Å². The van der Waals surface area contributed by atoms with Crippen LogP contribution in [0.4, 0.5) is 18.9 Å². The van der Waals surface area contributed by atoms with Gasteiger partial charge in [0, 0.05) is 16.7 Å². The van der Waals surface area contributed by atoms with Crippen LogP contribution in [0.3, 0.4) is 0 Å². The second-order valence-electron chi connectivity index (χ2n) is 5.75. The number of isothiocyanates is 1. The minimum absolute atomic E-state index is 0.0661. The van der Waals surface area contributed by atoms with Crippen LogP contribution in [-0.4, -0.2) is 5.16 Å². The van der Waals surface area contributed by atoms with Gasteiger partial charge in [0.05, 0.1) is 5.16 Å². The molecule has 2 aromatic rings. The molecule has 0 aliphatic carbocycles. The first kappa shape index (κ1) is 18.9. The van der Waals surface area contributed by atoms with Crippen LogP contribution in [0, 0.1) is 29.3 Å². The van der Waals surface area contributed by atoms with Gasteiger partial charge in [-0.25, -0.2) is 13.2 Å². The number of aryl methyl sites for hydroxylation is 1. The average Bonchev–Trinajstić information content (AvgIpc) is 2.56. The molecule has 128 valence electrons. The number of halogens is 3. The molecule has 0 fully saturated rings. The zero-order valence-corrected chi connectivity index (χ0v) is 14.9. The van der Waals surface area contributed by atoms with E-state index in [2.05, 4.69) is 29.1 Å². The first-order valence-electron chi connectivity index (χ1n) is 7.79. The Morgan fingerprint density at radius 3 is 2.24 bits per heavy atom. The molecule has 25 heavy (non-hydrogen) atoms. The molecule has 0 aromatic heterocycles. The Bertz CT molecular complexity index is 894. The van der Waals surface area contributed by atoms with Crippen molar-refractivity contribution < 1.29 is 13.2 Å². The first-order chi connectivity index (χ1) is 11.9. The third-order valence-electron chi connectivity index (χ3n) is 3.73. The molecule has 2 rings (SSSR count). The summed E-state index contributed by atoms with van der Waals surface area (Å²) >= 11 is 4.36. The van der Waals surface area contributed by atoms with E-state index >= 15 is 0 Å². The largest absolute Gasteiger partial charge is 0.206 e. The van der Waals surface area contributed by atoms with E-state index < -0.39 is 17.3 Å². The highest BCUT2D eigenvalue weighted by Gasteiger charge is 2.15. The van der Waals surface area contributed by atoms with Crippen LogP contribution < -0.4 is 0 Å². The Balaban J connectivity index is 2.52. The average molecular weight is 359 g/mol. The molecule has 0 bridgehead atoms. The fourth-order valence-electron chi connectivity index (χ4n) is 2.51. The molecular formula is C20H16F3NS. The topological polar surface area (TPSA) is 12.4 Å². The Labute approximate surface area is 150 Å². The standard InChI is InChI=1S/C20H16F3NS/c1-4-14-7-8-15(18(12(2)3)19(14)23)6-5-13-9-16(21)20(24-11-25)17(22)10-13/h7-10,12H,4H2,1-3H3. The van der Waals surface area contributed by atoms with Gasteiger partial charge in [-0.05, 0) is 48.3 Å². The van der Waals surface area contributed by atoms with Gasteiger partial charge in [0.2, 0.25) is 0 Å². The highest BCUT2D eigenvalue weighted by molar-refractivity contribution is 7.78. The van der Waals surface area contributed by atoms with Crippen LogP contribution in [0.15, 0.2) is 29.3 Å². The molecule has 0 aliphatic heterocycles. The van der Waals surface area contributed by atoms with Crippen molar-refractivity contribution >= 4 is 23.1 Å². The SMILES string of the molecule is CCc1ccc(C#Cc2cc(F)c(N=C=S)c(F)c2)c(C(C)C)c1F. The third kappa shape index (κ3) is 4.17. The zero-order valence-electron chi connectivity index (χ0n) is 14.1. The lowest BCUT2D eigenvalue weighted by molar-refractivity contribution is 0.583. The van der Waals surface area contributed by atoms with Crippen LogP contribution in [-0.2, 0) is 6.42 Å². The highest BCUT2D eigenvalue weighted by Crippen LogP contribution is 2.26. The van der Waals surface area contributed by atoms with Crippen LogP contribution >= 0.6 is 12.2 Å². The number of aliphatic imine (C=N–C) groups is 1. The smallest absolute Gasteiger partial charge is 0.153 e. The van der Waals surface area contributed by atoms with Crippen molar-refractivity contribution in [1.82, 2.24) is 0 Å². The van der Waals surface area contributed by atoms with Crippen LogP contribution in [0.25, 0.3) is 0 Å². The van der Waals surface area contributed by atoms with Crippen LogP contribution in [0.2, 0.25) is 0 Å². The summed E-state index contributed by atoms with van der Waals surface area (Å²) in [5.41, 5.74) is 1.27. The number of hydrogen-bond acceptors (Lipinski definition) is 2. The zero-order chi connectivity index (χ0) is 18.6. The van der Waals surface area contributed by atoms with Crippen molar-refractivity contribution in [3.05, 3.63) is 64.0 Å². The van der Waals surface area contributed by atoms with Gasteiger partial charge in [-0.15, -0.1) is 0 Å². The van der Waals surface area contributed by atoms with Gasteiger partial charge >= 0.3 is 0 Å². The minimum Gasteiger partial charge on any atom is -0.206 e. The van der Waals surface area contributed by atoms with E-state index in [1.165, 1.54) is 0 Å². The molecule has 5 heteroatoms. The van der Waals surface area contributed by atoms with Gasteiger partial charge in [0.15, 0.2) is 11.6 Å². The Morgan fingerprint density at radius 1 is 1.08 bits per heavy atom. The van der Waals surface area contributed by atoms with Crippen molar-refractivity contribution in [2.75, 3.05) is 0 Å². The molecule has 0 saturated heterocycles. The lowest BCUT2D eigenvalue weighted by Crippen LogP contribution is -2.01. The van der Waals surface area contributed by atoms with E-state index in [0.717, 1.165) is 12.1 Å². The predicted molar refractivity (Wildman–Crippen MR) is 96.9 cm³/mol. The molecule has 0 aliphatic rings. The predicted octanol–water partition coefficient (Wildman–Crippen LogP) is 5.92. The number of hydrogen-bond donors (Lipinski definition) is 0.